The summed E-state index contributed by atoms with van der Waals surface area (Å²) in [5, 5.41) is 2.75. The zero-order valence-corrected chi connectivity index (χ0v) is 14.8. The standard InChI is InChI=1S/C20H25NO3/c1-5-6-11-21-20(22)24-19-15(3)12-18(13-16(19)4)23-17-9-7-14(2)8-10-17/h7-10,12-13H,5-6,11H2,1-4H3,(H,21,22). The summed E-state index contributed by atoms with van der Waals surface area (Å²) >= 11 is 0. The van der Waals surface area contributed by atoms with E-state index in [2.05, 4.69) is 12.2 Å². The van der Waals surface area contributed by atoms with E-state index in [9.17, 15) is 4.79 Å². The number of nitrogens with one attached hydrogen (secondary N) is 1. The van der Waals surface area contributed by atoms with E-state index >= 15 is 0 Å². The number of ether oxygens (including phenoxy) is 2. The summed E-state index contributed by atoms with van der Waals surface area (Å²) in [5.74, 6) is 2.10. The minimum absolute atomic E-state index is 0.415. The van der Waals surface area contributed by atoms with Crippen LogP contribution in [0.25, 0.3) is 0 Å². The van der Waals surface area contributed by atoms with Crippen LogP contribution in [0.4, 0.5) is 4.79 Å². The first kappa shape index (κ1) is 17.9. The van der Waals surface area contributed by atoms with E-state index in [4.69, 9.17) is 9.47 Å². The van der Waals surface area contributed by atoms with E-state index in [-0.39, 0.29) is 0 Å². The highest BCUT2D eigenvalue weighted by Crippen LogP contribution is 2.31. The van der Waals surface area contributed by atoms with Crippen molar-refractivity contribution < 1.29 is 14.3 Å². The van der Waals surface area contributed by atoms with E-state index in [0.29, 0.717) is 12.3 Å². The molecule has 2 aromatic rings. The summed E-state index contributed by atoms with van der Waals surface area (Å²) in [4.78, 5) is 11.8. The third-order valence-electron chi connectivity index (χ3n) is 3.68. The molecule has 1 N–H and O–H groups in total. The molecular formula is C20H25NO3. The molecule has 0 fully saturated rings. The van der Waals surface area contributed by atoms with Crippen LogP contribution in [0.5, 0.6) is 17.2 Å². The molecule has 0 aliphatic heterocycles. The van der Waals surface area contributed by atoms with Crippen molar-refractivity contribution in [2.75, 3.05) is 6.54 Å². The van der Waals surface area contributed by atoms with Crippen molar-refractivity contribution in [3.05, 3.63) is 53.1 Å². The molecule has 0 aliphatic rings. The topological polar surface area (TPSA) is 47.6 Å². The van der Waals surface area contributed by atoms with Crippen molar-refractivity contribution in [2.45, 2.75) is 40.5 Å². The lowest BCUT2D eigenvalue weighted by atomic mass is 10.1. The smallest absolute Gasteiger partial charge is 0.412 e. The highest BCUT2D eigenvalue weighted by atomic mass is 16.6. The molecule has 0 aromatic heterocycles. The van der Waals surface area contributed by atoms with Crippen LogP contribution in [0.1, 0.15) is 36.5 Å². The second-order valence-corrected chi connectivity index (χ2v) is 5.97. The lowest BCUT2D eigenvalue weighted by Gasteiger charge is -2.14. The Labute approximate surface area is 143 Å². The third-order valence-corrected chi connectivity index (χ3v) is 3.68. The van der Waals surface area contributed by atoms with Crippen molar-refractivity contribution in [3.63, 3.8) is 0 Å². The Hall–Kier alpha value is -2.49. The fourth-order valence-electron chi connectivity index (χ4n) is 2.37. The zero-order chi connectivity index (χ0) is 17.5. The number of carbonyl (C=O) groups excluding carboxylic acids is 1. The predicted molar refractivity (Wildman–Crippen MR) is 96.1 cm³/mol. The summed E-state index contributed by atoms with van der Waals surface area (Å²) in [6.07, 6.45) is 1.56. The first-order chi connectivity index (χ1) is 11.5. The van der Waals surface area contributed by atoms with E-state index in [1.165, 1.54) is 5.56 Å². The first-order valence-corrected chi connectivity index (χ1v) is 8.31. The summed E-state index contributed by atoms with van der Waals surface area (Å²) in [6.45, 7) is 8.55. The molecule has 0 bridgehead atoms. The molecule has 2 rings (SSSR count). The maximum Gasteiger partial charge on any atom is 0.412 e. The Morgan fingerprint density at radius 1 is 1.00 bits per heavy atom. The van der Waals surface area contributed by atoms with Crippen LogP contribution in [0, 0.1) is 20.8 Å². The maximum atomic E-state index is 11.8. The Kier molecular flexibility index (Phi) is 6.24. The molecule has 0 saturated heterocycles. The number of hydrogen-bond donors (Lipinski definition) is 1. The number of amides is 1. The van der Waals surface area contributed by atoms with E-state index in [0.717, 1.165) is 35.5 Å². The fourth-order valence-corrected chi connectivity index (χ4v) is 2.37. The van der Waals surface area contributed by atoms with Crippen molar-refractivity contribution in [1.82, 2.24) is 5.32 Å². The number of rotatable bonds is 6. The van der Waals surface area contributed by atoms with Gasteiger partial charge in [0.1, 0.15) is 17.2 Å². The van der Waals surface area contributed by atoms with Crippen LogP contribution in [0.15, 0.2) is 36.4 Å². The number of aryl methyl sites for hydroxylation is 3. The molecule has 0 spiro atoms. The Bertz CT molecular complexity index is 670. The first-order valence-electron chi connectivity index (χ1n) is 8.31. The van der Waals surface area contributed by atoms with E-state index in [1.54, 1.807) is 0 Å². The van der Waals surface area contributed by atoms with Gasteiger partial charge < -0.3 is 14.8 Å². The van der Waals surface area contributed by atoms with Gasteiger partial charge in [-0.15, -0.1) is 0 Å². The van der Waals surface area contributed by atoms with E-state index in [1.807, 2.05) is 57.2 Å². The molecule has 24 heavy (non-hydrogen) atoms. The SMILES string of the molecule is CCCCNC(=O)Oc1c(C)cc(Oc2ccc(C)cc2)cc1C. The highest BCUT2D eigenvalue weighted by Gasteiger charge is 2.12. The molecule has 0 atom stereocenters. The molecule has 128 valence electrons. The number of unbranched alkanes of at least 4 members (excludes halogenated alkanes) is 1. The van der Waals surface area contributed by atoms with Crippen LogP contribution in [-0.2, 0) is 0 Å². The van der Waals surface area contributed by atoms with Gasteiger partial charge in [0, 0.05) is 6.54 Å². The molecule has 4 heteroatoms. The summed E-state index contributed by atoms with van der Waals surface area (Å²) in [7, 11) is 0. The van der Waals surface area contributed by atoms with Gasteiger partial charge in [-0.25, -0.2) is 4.79 Å². The molecule has 0 aliphatic carbocycles. The minimum Gasteiger partial charge on any atom is -0.457 e. The van der Waals surface area contributed by atoms with Crippen molar-refractivity contribution >= 4 is 6.09 Å². The molecule has 4 nitrogen and oxygen atoms in total. The maximum absolute atomic E-state index is 11.8. The average Bonchev–Trinajstić information content (AvgIpc) is 2.53. The average molecular weight is 327 g/mol. The van der Waals surface area contributed by atoms with Crippen LogP contribution in [0.2, 0.25) is 0 Å². The number of benzene rings is 2. The van der Waals surface area contributed by atoms with Gasteiger partial charge in [0.05, 0.1) is 0 Å². The van der Waals surface area contributed by atoms with Gasteiger partial charge in [0.15, 0.2) is 0 Å². The Balaban J connectivity index is 2.07. The molecule has 2 aromatic carbocycles. The van der Waals surface area contributed by atoms with Crippen molar-refractivity contribution in [1.29, 1.82) is 0 Å². The van der Waals surface area contributed by atoms with E-state index < -0.39 is 6.09 Å². The summed E-state index contributed by atoms with van der Waals surface area (Å²) in [6, 6.07) is 11.6. The summed E-state index contributed by atoms with van der Waals surface area (Å²) in [5.41, 5.74) is 2.91. The normalized spacial score (nSPS) is 10.3. The lowest BCUT2D eigenvalue weighted by molar-refractivity contribution is 0.199. The second kappa shape index (κ2) is 8.39. The minimum atomic E-state index is -0.415. The molecule has 0 radical (unpaired) electrons. The van der Waals surface area contributed by atoms with Gasteiger partial charge in [-0.05, 0) is 62.6 Å². The molecule has 0 unspecified atom stereocenters. The van der Waals surface area contributed by atoms with Gasteiger partial charge >= 0.3 is 6.09 Å². The largest absolute Gasteiger partial charge is 0.457 e. The Morgan fingerprint density at radius 2 is 1.62 bits per heavy atom. The lowest BCUT2D eigenvalue weighted by Crippen LogP contribution is -2.28. The van der Waals surface area contributed by atoms with Gasteiger partial charge in [-0.1, -0.05) is 31.0 Å². The van der Waals surface area contributed by atoms with Crippen molar-refractivity contribution in [2.24, 2.45) is 0 Å². The summed E-state index contributed by atoms with van der Waals surface area (Å²) < 4.78 is 11.3. The number of hydrogen-bond acceptors (Lipinski definition) is 3. The molecule has 0 saturated carbocycles. The van der Waals surface area contributed by atoms with Crippen LogP contribution in [0.3, 0.4) is 0 Å². The predicted octanol–water partition coefficient (Wildman–Crippen LogP) is 5.29. The second-order valence-electron chi connectivity index (χ2n) is 5.97. The zero-order valence-electron chi connectivity index (χ0n) is 14.8. The number of carbonyl (C=O) groups is 1. The van der Waals surface area contributed by atoms with Gasteiger partial charge in [-0.3, -0.25) is 0 Å². The van der Waals surface area contributed by atoms with Gasteiger partial charge in [0.25, 0.3) is 0 Å². The monoisotopic (exact) mass is 327 g/mol. The van der Waals surface area contributed by atoms with Crippen molar-refractivity contribution in [3.8, 4) is 17.2 Å². The van der Waals surface area contributed by atoms with Crippen LogP contribution in [-0.4, -0.2) is 12.6 Å². The van der Waals surface area contributed by atoms with Gasteiger partial charge in [0.2, 0.25) is 0 Å². The molecule has 0 heterocycles. The van der Waals surface area contributed by atoms with Crippen LogP contribution < -0.4 is 14.8 Å². The van der Waals surface area contributed by atoms with Gasteiger partial charge in [-0.2, -0.15) is 0 Å². The molecule has 1 amide bonds. The highest BCUT2D eigenvalue weighted by molar-refractivity contribution is 5.71. The Morgan fingerprint density at radius 3 is 2.21 bits per heavy atom. The quantitative estimate of drug-likeness (QED) is 0.733. The third kappa shape index (κ3) is 5.01. The molecular weight excluding hydrogens is 302 g/mol. The van der Waals surface area contributed by atoms with Crippen LogP contribution >= 0.6 is 0 Å². The fraction of sp³-hybridized carbons (Fsp3) is 0.350.